The van der Waals surface area contributed by atoms with E-state index >= 15 is 0 Å². The molecular weight excluding hydrogens is 399 g/mol. The predicted molar refractivity (Wildman–Crippen MR) is 118 cm³/mol. The minimum absolute atomic E-state index is 0.258. The molecule has 1 aliphatic rings. The average Bonchev–Trinajstić information content (AvgIpc) is 2.78. The minimum Gasteiger partial charge on any atom is -0.329 e. The van der Waals surface area contributed by atoms with Crippen molar-refractivity contribution in [1.82, 2.24) is 4.98 Å². The molecule has 0 unspecified atom stereocenters. The first-order valence-corrected chi connectivity index (χ1v) is 9.85. The Labute approximate surface area is 178 Å². The van der Waals surface area contributed by atoms with Crippen LogP contribution in [0.4, 0.5) is 24.8 Å². The van der Waals surface area contributed by atoms with Crippen LogP contribution in [0.15, 0.2) is 108 Å². The summed E-state index contributed by atoms with van der Waals surface area (Å²) in [6.45, 7) is 0.326. The zero-order valence-electron chi connectivity index (χ0n) is 16.6. The van der Waals surface area contributed by atoms with Crippen LogP contribution in [-0.4, -0.2) is 23.4 Å². The largest absolute Gasteiger partial charge is 0.393 e. The van der Waals surface area contributed by atoms with Gasteiger partial charge in [0.2, 0.25) is 0 Å². The van der Waals surface area contributed by atoms with E-state index in [1.165, 1.54) is 6.08 Å². The topological polar surface area (TPSA) is 28.5 Å². The molecule has 3 aromatic rings. The van der Waals surface area contributed by atoms with Gasteiger partial charge in [-0.2, -0.15) is 13.2 Å². The first-order chi connectivity index (χ1) is 15.0. The van der Waals surface area contributed by atoms with Crippen molar-refractivity contribution >= 4 is 17.3 Å². The molecule has 0 atom stereocenters. The average molecular weight is 419 g/mol. The molecule has 6 heteroatoms. The van der Waals surface area contributed by atoms with Gasteiger partial charge in [-0.05, 0) is 23.8 Å². The molecule has 156 valence electrons. The Morgan fingerprint density at radius 2 is 1.52 bits per heavy atom. The van der Waals surface area contributed by atoms with E-state index < -0.39 is 12.6 Å². The van der Waals surface area contributed by atoms with Gasteiger partial charge in [-0.3, -0.25) is 0 Å². The number of aromatic nitrogens is 1. The molecule has 31 heavy (non-hydrogen) atoms. The summed E-state index contributed by atoms with van der Waals surface area (Å²) in [6, 6.07) is 25.2. The fourth-order valence-corrected chi connectivity index (χ4v) is 3.30. The zero-order chi connectivity index (χ0) is 21.7. The third kappa shape index (κ3) is 5.48. The van der Waals surface area contributed by atoms with Crippen molar-refractivity contribution in [3.8, 4) is 0 Å². The lowest BCUT2D eigenvalue weighted by Crippen LogP contribution is -2.21. The number of halogens is 3. The van der Waals surface area contributed by atoms with Crippen LogP contribution >= 0.6 is 0 Å². The minimum atomic E-state index is -4.21. The van der Waals surface area contributed by atoms with Crippen molar-refractivity contribution in [1.29, 1.82) is 0 Å². The van der Waals surface area contributed by atoms with Crippen LogP contribution in [0.25, 0.3) is 0 Å². The number of allylic oxidation sites excluding steroid dienone is 2. The summed E-state index contributed by atoms with van der Waals surface area (Å²) in [7, 11) is 0. The number of rotatable bonds is 5. The maximum atomic E-state index is 12.6. The summed E-state index contributed by atoms with van der Waals surface area (Å²) in [6.07, 6.45) is -0.451. The molecule has 2 aromatic carbocycles. The van der Waals surface area contributed by atoms with E-state index in [2.05, 4.69) is 4.98 Å². The second kappa shape index (κ2) is 9.00. The Hall–Kier alpha value is -3.67. The second-order valence-corrected chi connectivity index (χ2v) is 7.09. The lowest BCUT2D eigenvalue weighted by Gasteiger charge is -2.22. The maximum absolute atomic E-state index is 12.6. The number of aliphatic imine (C=N–C) groups is 1. The molecule has 0 fully saturated rings. The van der Waals surface area contributed by atoms with Gasteiger partial charge in [0.05, 0.1) is 12.1 Å². The van der Waals surface area contributed by atoms with E-state index in [0.29, 0.717) is 18.2 Å². The van der Waals surface area contributed by atoms with E-state index in [0.717, 1.165) is 16.8 Å². The Morgan fingerprint density at radius 3 is 2.06 bits per heavy atom. The predicted octanol–water partition coefficient (Wildman–Crippen LogP) is 6.46. The smallest absolute Gasteiger partial charge is 0.329 e. The summed E-state index contributed by atoms with van der Waals surface area (Å²) in [4.78, 5) is 11.2. The normalized spacial score (nSPS) is 13.6. The fourth-order valence-electron chi connectivity index (χ4n) is 3.30. The van der Waals surface area contributed by atoms with Crippen LogP contribution in [0.1, 0.15) is 17.5 Å². The van der Waals surface area contributed by atoms with Crippen LogP contribution in [0.3, 0.4) is 0 Å². The quantitative estimate of drug-likeness (QED) is 0.444. The Balaban J connectivity index is 1.62. The van der Waals surface area contributed by atoms with Gasteiger partial charge in [0.1, 0.15) is 5.82 Å². The maximum Gasteiger partial charge on any atom is 0.393 e. The highest BCUT2D eigenvalue weighted by Crippen LogP contribution is 2.28. The third-order valence-corrected chi connectivity index (χ3v) is 4.76. The number of benzene rings is 2. The van der Waals surface area contributed by atoms with E-state index in [-0.39, 0.29) is 5.57 Å². The highest BCUT2D eigenvalue weighted by Gasteiger charge is 2.28. The molecule has 0 saturated heterocycles. The van der Waals surface area contributed by atoms with Gasteiger partial charge in [-0.25, -0.2) is 9.98 Å². The van der Waals surface area contributed by atoms with Gasteiger partial charge < -0.3 is 4.90 Å². The molecule has 0 bridgehead atoms. The summed E-state index contributed by atoms with van der Waals surface area (Å²) in [5.41, 5.74) is 3.00. The number of nitrogens with zero attached hydrogens (tertiary/aromatic N) is 3. The van der Waals surface area contributed by atoms with Crippen molar-refractivity contribution in [2.45, 2.75) is 12.6 Å². The molecule has 0 radical (unpaired) electrons. The second-order valence-electron chi connectivity index (χ2n) is 7.09. The zero-order valence-corrected chi connectivity index (χ0v) is 16.6. The van der Waals surface area contributed by atoms with E-state index in [9.17, 15) is 13.2 Å². The summed E-state index contributed by atoms with van der Waals surface area (Å²) >= 11 is 0. The van der Waals surface area contributed by atoms with Crippen molar-refractivity contribution in [3.05, 3.63) is 114 Å². The number of pyridine rings is 1. The van der Waals surface area contributed by atoms with E-state index in [1.54, 1.807) is 17.2 Å². The highest BCUT2D eigenvalue weighted by molar-refractivity contribution is 6.13. The lowest BCUT2D eigenvalue weighted by atomic mass is 10.0. The molecule has 1 aromatic heterocycles. The lowest BCUT2D eigenvalue weighted by molar-refractivity contribution is -0.126. The molecule has 2 heterocycles. The molecule has 3 nitrogen and oxygen atoms in total. The van der Waals surface area contributed by atoms with Crippen LogP contribution < -0.4 is 4.90 Å². The van der Waals surface area contributed by atoms with Crippen LogP contribution in [0.5, 0.6) is 0 Å². The Kier molecular flexibility index (Phi) is 5.98. The third-order valence-electron chi connectivity index (χ3n) is 4.76. The number of hydrogen-bond acceptors (Lipinski definition) is 3. The molecule has 0 N–H and O–H groups in total. The fraction of sp³-hybridized carbons (Fsp3) is 0.120. The number of anilines is 1. The Morgan fingerprint density at radius 1 is 0.871 bits per heavy atom. The summed E-state index contributed by atoms with van der Waals surface area (Å²) in [5.74, 6) is 1.15. The van der Waals surface area contributed by atoms with Gasteiger partial charge >= 0.3 is 6.18 Å². The van der Waals surface area contributed by atoms with Crippen molar-refractivity contribution in [2.75, 3.05) is 11.4 Å². The molecule has 4 rings (SSSR count). The standard InChI is InChI=1S/C25H20F3N3/c26-25(27,28)18-19-14-16-31(17-15-19)23-13-7-12-22(29-23)30-24(20-8-3-1-4-9-20)21-10-5-2-6-11-21/h1-16H,17-18H2. The molecular formula is C25H20F3N3. The van der Waals surface area contributed by atoms with Gasteiger partial charge in [0.15, 0.2) is 5.82 Å². The molecule has 0 aliphatic carbocycles. The molecule has 0 spiro atoms. The summed E-state index contributed by atoms with van der Waals surface area (Å²) in [5, 5.41) is 0. The van der Waals surface area contributed by atoms with Crippen molar-refractivity contribution in [3.63, 3.8) is 0 Å². The monoisotopic (exact) mass is 419 g/mol. The van der Waals surface area contributed by atoms with Crippen LogP contribution in [0.2, 0.25) is 0 Å². The number of hydrogen-bond donors (Lipinski definition) is 0. The van der Waals surface area contributed by atoms with E-state index in [1.807, 2.05) is 78.9 Å². The van der Waals surface area contributed by atoms with Gasteiger partial charge in [0, 0.05) is 23.9 Å². The van der Waals surface area contributed by atoms with Gasteiger partial charge in [-0.15, -0.1) is 0 Å². The first kappa shape index (κ1) is 20.6. The molecule has 0 amide bonds. The van der Waals surface area contributed by atoms with Crippen LogP contribution in [0, 0.1) is 0 Å². The van der Waals surface area contributed by atoms with Crippen molar-refractivity contribution < 1.29 is 13.2 Å². The SMILES string of the molecule is FC(F)(F)CC1=CCN(c2cccc(N=C(c3ccccc3)c3ccccc3)n2)C=C1. The number of alkyl halides is 3. The van der Waals surface area contributed by atoms with E-state index in [4.69, 9.17) is 4.99 Å². The highest BCUT2D eigenvalue weighted by atomic mass is 19.4. The van der Waals surface area contributed by atoms with Gasteiger partial charge in [0.25, 0.3) is 0 Å². The Bertz CT molecular complexity index is 1080. The van der Waals surface area contributed by atoms with Gasteiger partial charge in [-0.1, -0.05) is 72.8 Å². The van der Waals surface area contributed by atoms with Crippen molar-refractivity contribution in [2.24, 2.45) is 4.99 Å². The molecule has 1 aliphatic heterocycles. The molecule has 0 saturated carbocycles. The van der Waals surface area contributed by atoms with Crippen LogP contribution in [-0.2, 0) is 0 Å². The summed E-state index contributed by atoms with van der Waals surface area (Å²) < 4.78 is 37.8. The first-order valence-electron chi connectivity index (χ1n) is 9.85.